The van der Waals surface area contributed by atoms with E-state index in [1.165, 1.54) is 6.07 Å². The van der Waals surface area contributed by atoms with Crippen molar-refractivity contribution in [1.29, 1.82) is 0 Å². The van der Waals surface area contributed by atoms with E-state index in [0.717, 1.165) is 79.5 Å². The van der Waals surface area contributed by atoms with Gasteiger partial charge in [-0.25, -0.2) is 4.39 Å². The van der Waals surface area contributed by atoms with E-state index in [-0.39, 0.29) is 24.1 Å². The number of carbonyl (C=O) groups is 1. The Morgan fingerprint density at radius 1 is 1.19 bits per heavy atom. The zero-order valence-corrected chi connectivity index (χ0v) is 21.5. The summed E-state index contributed by atoms with van der Waals surface area (Å²) in [6.45, 7) is 2.57. The minimum atomic E-state index is -0.774. The van der Waals surface area contributed by atoms with Crippen molar-refractivity contribution >= 4 is 16.9 Å². The summed E-state index contributed by atoms with van der Waals surface area (Å²) in [5, 5.41) is 21.5. The monoisotopic (exact) mass is 508 g/mol. The minimum absolute atomic E-state index is 0.0549. The molecule has 1 aromatic heterocycles. The molecule has 3 atom stereocenters. The fourth-order valence-corrected chi connectivity index (χ4v) is 5.64. The molecule has 0 unspecified atom stereocenters. The van der Waals surface area contributed by atoms with Crippen molar-refractivity contribution in [2.45, 2.75) is 51.0 Å². The molecular weight excluding hydrogens is 471 g/mol. The molecular formula is C30H37FN2O4. The third kappa shape index (κ3) is 7.27. The van der Waals surface area contributed by atoms with Crippen LogP contribution in [0.4, 0.5) is 4.39 Å². The van der Waals surface area contributed by atoms with Gasteiger partial charge in [0.05, 0.1) is 18.7 Å². The quantitative estimate of drug-likeness (QED) is 0.309. The van der Waals surface area contributed by atoms with Crippen LogP contribution in [0.3, 0.4) is 0 Å². The van der Waals surface area contributed by atoms with Crippen LogP contribution in [0.15, 0.2) is 54.7 Å². The van der Waals surface area contributed by atoms with Gasteiger partial charge in [-0.2, -0.15) is 0 Å². The maximum atomic E-state index is 13.8. The van der Waals surface area contributed by atoms with Crippen molar-refractivity contribution in [3.8, 4) is 5.75 Å². The highest BCUT2D eigenvalue weighted by molar-refractivity contribution is 5.83. The molecule has 2 heterocycles. The summed E-state index contributed by atoms with van der Waals surface area (Å²) in [6, 6.07) is 14.4. The Kier molecular flexibility index (Phi) is 9.47. The number of likely N-dealkylation sites (tertiary alicyclic amines) is 1. The summed E-state index contributed by atoms with van der Waals surface area (Å²) in [7, 11) is 1.62. The molecule has 0 radical (unpaired) electrons. The van der Waals surface area contributed by atoms with Crippen molar-refractivity contribution in [3.63, 3.8) is 0 Å². The topological polar surface area (TPSA) is 82.9 Å². The first kappa shape index (κ1) is 27.0. The summed E-state index contributed by atoms with van der Waals surface area (Å²) in [6.07, 6.45) is 6.04. The SMILES string of the molecule is COc1ccc2nccc([C@@H](O)CC[C@@H]3CCN(CCCCc4ccccc4F)C[C@@H]3CC(=O)O)c2c1. The molecule has 4 rings (SSSR count). The Balaban J connectivity index is 1.31. The highest BCUT2D eigenvalue weighted by Crippen LogP contribution is 2.35. The van der Waals surface area contributed by atoms with Crippen LogP contribution < -0.4 is 4.74 Å². The van der Waals surface area contributed by atoms with Gasteiger partial charge in [0.1, 0.15) is 11.6 Å². The van der Waals surface area contributed by atoms with Gasteiger partial charge in [-0.3, -0.25) is 9.78 Å². The van der Waals surface area contributed by atoms with Crippen LogP contribution in [-0.4, -0.2) is 52.8 Å². The van der Waals surface area contributed by atoms with E-state index >= 15 is 0 Å². The normalized spacial score (nSPS) is 19.1. The summed E-state index contributed by atoms with van der Waals surface area (Å²) in [4.78, 5) is 18.4. The number of hydrogen-bond donors (Lipinski definition) is 2. The number of unbranched alkanes of at least 4 members (excludes halogenated alkanes) is 1. The Morgan fingerprint density at radius 2 is 2.03 bits per heavy atom. The summed E-state index contributed by atoms with van der Waals surface area (Å²) in [5.41, 5.74) is 2.39. The minimum Gasteiger partial charge on any atom is -0.497 e. The van der Waals surface area contributed by atoms with Gasteiger partial charge in [-0.05, 0) is 105 Å². The van der Waals surface area contributed by atoms with Gasteiger partial charge in [0.2, 0.25) is 0 Å². The van der Waals surface area contributed by atoms with E-state index in [2.05, 4.69) is 9.88 Å². The second kappa shape index (κ2) is 13.0. The van der Waals surface area contributed by atoms with Crippen molar-refractivity contribution in [2.24, 2.45) is 11.8 Å². The van der Waals surface area contributed by atoms with E-state index in [0.29, 0.717) is 6.42 Å². The zero-order valence-electron chi connectivity index (χ0n) is 21.5. The average Bonchev–Trinajstić information content (AvgIpc) is 2.90. The smallest absolute Gasteiger partial charge is 0.303 e. The number of piperidine rings is 1. The number of carboxylic acid groups (broad SMARTS) is 1. The first-order chi connectivity index (χ1) is 17.9. The number of nitrogens with zero attached hydrogens (tertiary/aromatic N) is 2. The van der Waals surface area contributed by atoms with Crippen LogP contribution in [0.1, 0.15) is 55.8 Å². The van der Waals surface area contributed by atoms with Gasteiger partial charge in [0.15, 0.2) is 0 Å². The molecule has 0 bridgehead atoms. The number of rotatable bonds is 12. The predicted octanol–water partition coefficient (Wildman–Crippen LogP) is 5.63. The van der Waals surface area contributed by atoms with Crippen LogP contribution >= 0.6 is 0 Å². The number of fused-ring (bicyclic) bond motifs is 1. The first-order valence-corrected chi connectivity index (χ1v) is 13.2. The molecule has 7 heteroatoms. The molecule has 2 N–H and O–H groups in total. The lowest BCUT2D eigenvalue weighted by Crippen LogP contribution is -2.41. The molecule has 1 aliphatic rings. The van der Waals surface area contributed by atoms with Gasteiger partial charge in [0, 0.05) is 24.5 Å². The van der Waals surface area contributed by atoms with E-state index < -0.39 is 12.1 Å². The van der Waals surface area contributed by atoms with Crippen molar-refractivity contribution in [1.82, 2.24) is 9.88 Å². The number of aliphatic hydroxyl groups is 1. The number of hydrogen-bond acceptors (Lipinski definition) is 5. The Labute approximate surface area is 218 Å². The van der Waals surface area contributed by atoms with Gasteiger partial charge >= 0.3 is 5.97 Å². The highest BCUT2D eigenvalue weighted by atomic mass is 19.1. The fraction of sp³-hybridized carbons (Fsp3) is 0.467. The number of carboxylic acids is 1. The van der Waals surface area contributed by atoms with Gasteiger partial charge < -0.3 is 19.8 Å². The molecule has 0 saturated carbocycles. The largest absolute Gasteiger partial charge is 0.497 e. The molecule has 0 aliphatic carbocycles. The number of halogens is 1. The number of aromatic nitrogens is 1. The lowest BCUT2D eigenvalue weighted by molar-refractivity contribution is -0.139. The number of ether oxygens (including phenoxy) is 1. The summed E-state index contributed by atoms with van der Waals surface area (Å²) in [5.74, 6) is 0.106. The lowest BCUT2D eigenvalue weighted by Gasteiger charge is -2.38. The van der Waals surface area contributed by atoms with E-state index in [1.54, 1.807) is 19.4 Å². The van der Waals surface area contributed by atoms with Gasteiger partial charge in [-0.15, -0.1) is 0 Å². The molecule has 6 nitrogen and oxygen atoms in total. The molecule has 1 fully saturated rings. The number of methoxy groups -OCH3 is 1. The molecule has 1 aliphatic heterocycles. The van der Waals surface area contributed by atoms with Gasteiger partial charge in [0.25, 0.3) is 0 Å². The number of benzene rings is 2. The number of aliphatic carboxylic acids is 1. The molecule has 0 amide bonds. The van der Waals surface area contributed by atoms with Crippen molar-refractivity contribution < 1.29 is 24.1 Å². The van der Waals surface area contributed by atoms with Crippen molar-refractivity contribution in [2.75, 3.05) is 26.7 Å². The van der Waals surface area contributed by atoms with Crippen molar-refractivity contribution in [3.05, 3.63) is 71.7 Å². The summed E-state index contributed by atoms with van der Waals surface area (Å²) < 4.78 is 19.2. The Hall–Kier alpha value is -3.03. The number of aliphatic hydroxyl groups excluding tert-OH is 1. The third-order valence-electron chi connectivity index (χ3n) is 7.69. The third-order valence-corrected chi connectivity index (χ3v) is 7.69. The highest BCUT2D eigenvalue weighted by Gasteiger charge is 2.31. The fourth-order valence-electron chi connectivity index (χ4n) is 5.64. The molecule has 0 spiro atoms. The van der Waals surface area contributed by atoms with E-state index in [1.807, 2.05) is 36.4 Å². The van der Waals surface area contributed by atoms with E-state index in [9.17, 15) is 19.4 Å². The Bertz CT molecular complexity index is 1190. The number of aryl methyl sites for hydroxylation is 1. The zero-order chi connectivity index (χ0) is 26.2. The average molecular weight is 509 g/mol. The number of pyridine rings is 1. The maximum Gasteiger partial charge on any atom is 0.303 e. The maximum absolute atomic E-state index is 13.8. The standard InChI is InChI=1S/C30H37FN2O4/c1-37-24-10-11-28-26(19-24)25(13-15-32-28)29(34)12-9-21-14-17-33(20-23(21)18-30(35)36)16-5-4-7-22-6-2-3-8-27(22)31/h2-3,6,8,10-11,13,15,19,21,23,29,34H,4-5,7,9,12,14,16-18,20H2,1H3,(H,35,36)/t21-,23+,29+/m1/s1. The molecule has 3 aromatic rings. The van der Waals surface area contributed by atoms with Crippen LogP contribution in [-0.2, 0) is 11.2 Å². The van der Waals surface area contributed by atoms with Crippen LogP contribution in [0.25, 0.3) is 10.9 Å². The second-order valence-electron chi connectivity index (χ2n) is 10.1. The first-order valence-electron chi connectivity index (χ1n) is 13.2. The van der Waals surface area contributed by atoms with Crippen LogP contribution in [0.5, 0.6) is 5.75 Å². The second-order valence-corrected chi connectivity index (χ2v) is 10.1. The van der Waals surface area contributed by atoms with E-state index in [4.69, 9.17) is 4.74 Å². The van der Waals surface area contributed by atoms with Gasteiger partial charge in [-0.1, -0.05) is 18.2 Å². The molecule has 37 heavy (non-hydrogen) atoms. The predicted molar refractivity (Wildman–Crippen MR) is 142 cm³/mol. The molecule has 2 aromatic carbocycles. The lowest BCUT2D eigenvalue weighted by atomic mass is 9.79. The molecule has 198 valence electrons. The van der Waals surface area contributed by atoms with Crippen LogP contribution in [0, 0.1) is 17.7 Å². The van der Waals surface area contributed by atoms with Crippen LogP contribution in [0.2, 0.25) is 0 Å². The summed E-state index contributed by atoms with van der Waals surface area (Å²) >= 11 is 0. The Morgan fingerprint density at radius 3 is 2.81 bits per heavy atom. The molecule has 1 saturated heterocycles.